The molecule has 1 atom stereocenters. The van der Waals surface area contributed by atoms with Gasteiger partial charge in [0.05, 0.1) is 5.92 Å². The fourth-order valence-corrected chi connectivity index (χ4v) is 3.08. The predicted molar refractivity (Wildman–Crippen MR) is 91.7 cm³/mol. The number of amides is 1. The summed E-state index contributed by atoms with van der Waals surface area (Å²) in [5.74, 6) is 1.82. The van der Waals surface area contributed by atoms with E-state index >= 15 is 0 Å². The van der Waals surface area contributed by atoms with E-state index in [2.05, 4.69) is 39.5 Å². The maximum atomic E-state index is 11.1. The molecular formula is C18H24N4O2. The van der Waals surface area contributed by atoms with Crippen LogP contribution in [-0.2, 0) is 17.8 Å². The quantitative estimate of drug-likeness (QED) is 0.882. The summed E-state index contributed by atoms with van der Waals surface area (Å²) in [5.41, 5.74) is 2.07. The molecule has 1 aromatic heterocycles. The summed E-state index contributed by atoms with van der Waals surface area (Å²) in [6, 6.07) is 8.01. The first-order valence-corrected chi connectivity index (χ1v) is 8.55. The number of likely N-dealkylation sites (tertiary alicyclic amines) is 1. The molecule has 0 spiro atoms. The van der Waals surface area contributed by atoms with Crippen molar-refractivity contribution in [3.63, 3.8) is 0 Å². The molecule has 0 radical (unpaired) electrons. The molecule has 0 aliphatic carbocycles. The van der Waals surface area contributed by atoms with Gasteiger partial charge in [-0.15, -0.1) is 10.2 Å². The minimum atomic E-state index is -0.0489. The average molecular weight is 328 g/mol. The molecule has 1 aliphatic heterocycles. The van der Waals surface area contributed by atoms with Gasteiger partial charge in [-0.25, -0.2) is 0 Å². The highest BCUT2D eigenvalue weighted by Gasteiger charge is 2.28. The van der Waals surface area contributed by atoms with Crippen molar-refractivity contribution < 1.29 is 9.21 Å². The van der Waals surface area contributed by atoms with E-state index in [1.165, 1.54) is 12.5 Å². The van der Waals surface area contributed by atoms with Gasteiger partial charge in [0.25, 0.3) is 0 Å². The molecule has 6 heteroatoms. The van der Waals surface area contributed by atoms with E-state index in [0.717, 1.165) is 56.4 Å². The lowest BCUT2D eigenvalue weighted by molar-refractivity contribution is -0.114. The third-order valence-electron chi connectivity index (χ3n) is 4.25. The highest BCUT2D eigenvalue weighted by atomic mass is 16.4. The minimum Gasteiger partial charge on any atom is -0.425 e. The number of carbonyl (C=O) groups is 1. The van der Waals surface area contributed by atoms with Crippen LogP contribution >= 0.6 is 0 Å². The molecule has 1 aliphatic rings. The minimum absolute atomic E-state index is 0.0489. The summed E-state index contributed by atoms with van der Waals surface area (Å²) >= 11 is 0. The largest absolute Gasteiger partial charge is 0.425 e. The second kappa shape index (κ2) is 7.57. The number of anilines is 1. The summed E-state index contributed by atoms with van der Waals surface area (Å²) in [6.45, 7) is 6.50. The Morgan fingerprint density at radius 1 is 1.33 bits per heavy atom. The molecule has 1 N–H and O–H groups in total. The van der Waals surface area contributed by atoms with Crippen LogP contribution in [-0.4, -0.2) is 34.1 Å². The van der Waals surface area contributed by atoms with Crippen molar-refractivity contribution in [1.82, 2.24) is 15.1 Å². The zero-order valence-electron chi connectivity index (χ0n) is 14.3. The number of nitrogens with one attached hydrogen (secondary N) is 1. The van der Waals surface area contributed by atoms with E-state index in [0.29, 0.717) is 5.92 Å². The van der Waals surface area contributed by atoms with Crippen LogP contribution in [0.4, 0.5) is 5.69 Å². The van der Waals surface area contributed by atoms with Gasteiger partial charge in [-0.05, 0) is 37.1 Å². The van der Waals surface area contributed by atoms with Gasteiger partial charge in [0.2, 0.25) is 17.7 Å². The van der Waals surface area contributed by atoms with E-state index in [9.17, 15) is 4.79 Å². The maximum Gasteiger partial charge on any atom is 0.221 e. The van der Waals surface area contributed by atoms with Crippen molar-refractivity contribution in [3.05, 3.63) is 41.6 Å². The van der Waals surface area contributed by atoms with Gasteiger partial charge in [-0.2, -0.15) is 0 Å². The molecule has 1 saturated heterocycles. The number of hydrogen-bond donors (Lipinski definition) is 1. The van der Waals surface area contributed by atoms with Gasteiger partial charge in [0.15, 0.2) is 0 Å². The van der Waals surface area contributed by atoms with Crippen molar-refractivity contribution in [3.8, 4) is 0 Å². The van der Waals surface area contributed by atoms with Gasteiger partial charge in [-0.3, -0.25) is 9.69 Å². The molecule has 2 aromatic rings. The SMILES string of the molecule is CCCc1nnc(C2CCN(Cc3ccc(NC(C)=O)cc3)C2)o1. The summed E-state index contributed by atoms with van der Waals surface area (Å²) in [7, 11) is 0. The number of hydrogen-bond acceptors (Lipinski definition) is 5. The Morgan fingerprint density at radius 2 is 2.12 bits per heavy atom. The van der Waals surface area contributed by atoms with Crippen LogP contribution in [0.1, 0.15) is 50.0 Å². The molecule has 2 heterocycles. The fraction of sp³-hybridized carbons (Fsp3) is 0.500. The topological polar surface area (TPSA) is 71.3 Å². The maximum absolute atomic E-state index is 11.1. The van der Waals surface area contributed by atoms with Crippen LogP contribution in [0.3, 0.4) is 0 Å². The molecule has 1 fully saturated rings. The number of benzene rings is 1. The summed E-state index contributed by atoms with van der Waals surface area (Å²) in [4.78, 5) is 13.5. The molecule has 128 valence electrons. The predicted octanol–water partition coefficient (Wildman–Crippen LogP) is 2.97. The summed E-state index contributed by atoms with van der Waals surface area (Å²) in [6.07, 6.45) is 2.93. The molecule has 6 nitrogen and oxygen atoms in total. The van der Waals surface area contributed by atoms with Crippen LogP contribution < -0.4 is 5.32 Å². The lowest BCUT2D eigenvalue weighted by Gasteiger charge is -2.15. The molecule has 0 bridgehead atoms. The van der Waals surface area contributed by atoms with Crippen LogP contribution in [0.25, 0.3) is 0 Å². The van der Waals surface area contributed by atoms with Gasteiger partial charge < -0.3 is 9.73 Å². The third-order valence-corrected chi connectivity index (χ3v) is 4.25. The Labute approximate surface area is 142 Å². The number of aryl methyl sites for hydroxylation is 1. The Hall–Kier alpha value is -2.21. The van der Waals surface area contributed by atoms with Crippen molar-refractivity contribution >= 4 is 11.6 Å². The second-order valence-corrected chi connectivity index (χ2v) is 6.38. The van der Waals surface area contributed by atoms with E-state index in [-0.39, 0.29) is 5.91 Å². The third kappa shape index (κ3) is 4.20. The van der Waals surface area contributed by atoms with Crippen LogP contribution in [0.2, 0.25) is 0 Å². The Morgan fingerprint density at radius 3 is 2.83 bits per heavy atom. The Bertz CT molecular complexity index is 681. The van der Waals surface area contributed by atoms with Crippen molar-refractivity contribution in [1.29, 1.82) is 0 Å². The number of aromatic nitrogens is 2. The zero-order chi connectivity index (χ0) is 16.9. The molecule has 0 saturated carbocycles. The Kier molecular flexibility index (Phi) is 5.25. The van der Waals surface area contributed by atoms with Crippen molar-refractivity contribution in [2.24, 2.45) is 0 Å². The molecular weight excluding hydrogens is 304 g/mol. The van der Waals surface area contributed by atoms with E-state index in [1.54, 1.807) is 0 Å². The van der Waals surface area contributed by atoms with Crippen molar-refractivity contribution in [2.45, 2.75) is 45.6 Å². The lowest BCUT2D eigenvalue weighted by Crippen LogP contribution is -2.19. The van der Waals surface area contributed by atoms with Crippen LogP contribution in [0, 0.1) is 0 Å². The first-order valence-electron chi connectivity index (χ1n) is 8.55. The first kappa shape index (κ1) is 16.6. The molecule has 24 heavy (non-hydrogen) atoms. The van der Waals surface area contributed by atoms with Crippen LogP contribution in [0.15, 0.2) is 28.7 Å². The summed E-state index contributed by atoms with van der Waals surface area (Å²) < 4.78 is 5.77. The highest BCUT2D eigenvalue weighted by Crippen LogP contribution is 2.27. The van der Waals surface area contributed by atoms with Gasteiger partial charge in [0, 0.05) is 32.1 Å². The highest BCUT2D eigenvalue weighted by molar-refractivity contribution is 5.88. The summed E-state index contributed by atoms with van der Waals surface area (Å²) in [5, 5.41) is 11.1. The monoisotopic (exact) mass is 328 g/mol. The fourth-order valence-electron chi connectivity index (χ4n) is 3.08. The van der Waals surface area contributed by atoms with E-state index in [1.807, 2.05) is 12.1 Å². The van der Waals surface area contributed by atoms with Crippen LogP contribution in [0.5, 0.6) is 0 Å². The smallest absolute Gasteiger partial charge is 0.221 e. The van der Waals surface area contributed by atoms with E-state index < -0.39 is 0 Å². The Balaban J connectivity index is 1.54. The van der Waals surface area contributed by atoms with Gasteiger partial charge in [-0.1, -0.05) is 19.1 Å². The van der Waals surface area contributed by atoms with Gasteiger partial charge >= 0.3 is 0 Å². The van der Waals surface area contributed by atoms with Crippen molar-refractivity contribution in [2.75, 3.05) is 18.4 Å². The molecule has 3 rings (SSSR count). The van der Waals surface area contributed by atoms with Gasteiger partial charge in [0.1, 0.15) is 0 Å². The zero-order valence-corrected chi connectivity index (χ0v) is 14.3. The average Bonchev–Trinajstić information content (AvgIpc) is 3.18. The normalized spacial score (nSPS) is 18.0. The molecule has 1 aromatic carbocycles. The standard InChI is InChI=1S/C18H24N4O2/c1-3-4-17-20-21-18(24-17)15-9-10-22(12-15)11-14-5-7-16(8-6-14)19-13(2)23/h5-8,15H,3-4,9-12H2,1-2H3,(H,19,23). The first-order chi connectivity index (χ1) is 11.6. The number of nitrogens with zero attached hydrogens (tertiary/aromatic N) is 3. The molecule has 1 unspecified atom stereocenters. The number of carbonyl (C=O) groups excluding carboxylic acids is 1. The number of rotatable bonds is 6. The lowest BCUT2D eigenvalue weighted by atomic mass is 10.1. The second-order valence-electron chi connectivity index (χ2n) is 6.38. The molecule has 1 amide bonds. The van der Waals surface area contributed by atoms with E-state index in [4.69, 9.17) is 4.42 Å².